The zero-order valence-corrected chi connectivity index (χ0v) is 15.4. The lowest BCUT2D eigenvalue weighted by molar-refractivity contribution is 0.0378. The zero-order chi connectivity index (χ0) is 16.0. The van der Waals surface area contributed by atoms with Crippen molar-refractivity contribution in [2.24, 2.45) is 11.8 Å². The minimum Gasteiger partial charge on any atom is -0.372 e. The molecule has 0 aliphatic heterocycles. The minimum absolute atomic E-state index is 0.244. The summed E-state index contributed by atoms with van der Waals surface area (Å²) < 4.78 is 7.96. The first kappa shape index (κ1) is 18.5. The molecular weight excluding hydrogens is 282 g/mol. The van der Waals surface area contributed by atoms with Gasteiger partial charge >= 0.3 is 0 Å². The van der Waals surface area contributed by atoms with Crippen molar-refractivity contribution in [3.8, 4) is 0 Å². The molecule has 1 heterocycles. The van der Waals surface area contributed by atoms with Crippen LogP contribution in [0.4, 0.5) is 0 Å². The SMILES string of the molecule is CC(C)CC(C)OCc1cn(CSC(C)(C)C(C)C)nn1. The Hall–Kier alpha value is -0.550. The van der Waals surface area contributed by atoms with Crippen molar-refractivity contribution >= 4 is 11.8 Å². The molecule has 1 aromatic heterocycles. The van der Waals surface area contributed by atoms with Crippen molar-refractivity contribution in [2.75, 3.05) is 0 Å². The summed E-state index contributed by atoms with van der Waals surface area (Å²) >= 11 is 1.91. The summed E-state index contributed by atoms with van der Waals surface area (Å²) in [6.07, 6.45) is 3.34. The van der Waals surface area contributed by atoms with Crippen LogP contribution in [0.5, 0.6) is 0 Å². The highest BCUT2D eigenvalue weighted by molar-refractivity contribution is 7.99. The number of nitrogens with zero attached hydrogens (tertiary/aromatic N) is 3. The fraction of sp³-hybridized carbons (Fsp3) is 0.875. The van der Waals surface area contributed by atoms with Gasteiger partial charge in [0.2, 0.25) is 0 Å². The van der Waals surface area contributed by atoms with Crippen LogP contribution in [-0.2, 0) is 17.2 Å². The van der Waals surface area contributed by atoms with E-state index in [1.807, 2.05) is 22.6 Å². The summed E-state index contributed by atoms with van der Waals surface area (Å²) in [6, 6.07) is 0. The molecule has 1 atom stereocenters. The molecule has 1 rings (SSSR count). The molecule has 0 bridgehead atoms. The summed E-state index contributed by atoms with van der Waals surface area (Å²) in [4.78, 5) is 0. The number of thioether (sulfide) groups is 1. The van der Waals surface area contributed by atoms with E-state index in [4.69, 9.17) is 4.74 Å². The van der Waals surface area contributed by atoms with Crippen molar-refractivity contribution in [3.05, 3.63) is 11.9 Å². The van der Waals surface area contributed by atoms with Crippen molar-refractivity contribution < 1.29 is 4.74 Å². The average molecular weight is 314 g/mol. The Bertz CT molecular complexity index is 415. The molecule has 0 saturated heterocycles. The van der Waals surface area contributed by atoms with E-state index in [0.29, 0.717) is 18.4 Å². The largest absolute Gasteiger partial charge is 0.372 e. The van der Waals surface area contributed by atoms with Crippen LogP contribution in [0.15, 0.2) is 6.20 Å². The van der Waals surface area contributed by atoms with Gasteiger partial charge in [0.25, 0.3) is 0 Å². The van der Waals surface area contributed by atoms with Crippen molar-refractivity contribution in [1.29, 1.82) is 0 Å². The molecule has 1 unspecified atom stereocenters. The van der Waals surface area contributed by atoms with E-state index in [9.17, 15) is 0 Å². The van der Waals surface area contributed by atoms with Crippen LogP contribution in [0.3, 0.4) is 0 Å². The lowest BCUT2D eigenvalue weighted by atomic mass is 10.00. The molecule has 0 radical (unpaired) electrons. The minimum atomic E-state index is 0.244. The lowest BCUT2D eigenvalue weighted by Crippen LogP contribution is -2.23. The third-order valence-electron chi connectivity index (χ3n) is 3.86. The van der Waals surface area contributed by atoms with Gasteiger partial charge in [0.1, 0.15) is 5.69 Å². The Morgan fingerprint density at radius 3 is 2.48 bits per heavy atom. The van der Waals surface area contributed by atoms with E-state index in [2.05, 4.69) is 58.8 Å². The van der Waals surface area contributed by atoms with Crippen LogP contribution < -0.4 is 0 Å². The maximum absolute atomic E-state index is 5.81. The maximum atomic E-state index is 5.81. The molecule has 0 N–H and O–H groups in total. The van der Waals surface area contributed by atoms with Gasteiger partial charge in [0, 0.05) is 4.75 Å². The highest BCUT2D eigenvalue weighted by Crippen LogP contribution is 2.32. The summed E-state index contributed by atoms with van der Waals surface area (Å²) in [5, 5.41) is 8.37. The first-order valence-electron chi connectivity index (χ1n) is 7.85. The molecule has 0 fully saturated rings. The molecular formula is C16H31N3OS. The molecule has 5 heteroatoms. The van der Waals surface area contributed by atoms with E-state index in [1.165, 1.54) is 0 Å². The summed E-state index contributed by atoms with van der Waals surface area (Å²) in [5.74, 6) is 2.12. The lowest BCUT2D eigenvalue weighted by Gasteiger charge is -2.28. The number of aromatic nitrogens is 3. The monoisotopic (exact) mass is 313 g/mol. The van der Waals surface area contributed by atoms with Crippen LogP contribution in [0.1, 0.15) is 60.6 Å². The number of ether oxygens (including phenoxy) is 1. The quantitative estimate of drug-likeness (QED) is 0.679. The Kier molecular flexibility index (Phi) is 7.21. The second-order valence-electron chi connectivity index (χ2n) is 7.03. The molecule has 0 aromatic carbocycles. The van der Waals surface area contributed by atoms with Crippen molar-refractivity contribution in [2.45, 2.75) is 78.2 Å². The highest BCUT2D eigenvalue weighted by atomic mass is 32.2. The number of hydrogen-bond acceptors (Lipinski definition) is 4. The maximum Gasteiger partial charge on any atom is 0.108 e. The summed E-state index contributed by atoms with van der Waals surface area (Å²) in [7, 11) is 0. The van der Waals surface area contributed by atoms with Gasteiger partial charge in [0.05, 0.1) is 24.8 Å². The molecule has 0 spiro atoms. The predicted molar refractivity (Wildman–Crippen MR) is 90.2 cm³/mol. The van der Waals surface area contributed by atoms with Crippen LogP contribution in [0, 0.1) is 11.8 Å². The van der Waals surface area contributed by atoms with Gasteiger partial charge in [-0.05, 0) is 25.2 Å². The van der Waals surface area contributed by atoms with E-state index >= 15 is 0 Å². The van der Waals surface area contributed by atoms with E-state index in [-0.39, 0.29) is 10.9 Å². The second kappa shape index (κ2) is 8.18. The standard InChI is InChI=1S/C16H31N3OS/c1-12(2)8-14(5)20-10-15-9-19(18-17-15)11-21-16(6,7)13(3)4/h9,12-14H,8,10-11H2,1-7H3. The fourth-order valence-corrected chi connectivity index (χ4v) is 2.75. The van der Waals surface area contributed by atoms with E-state index < -0.39 is 0 Å². The van der Waals surface area contributed by atoms with Gasteiger partial charge in [-0.2, -0.15) is 0 Å². The molecule has 0 saturated carbocycles. The van der Waals surface area contributed by atoms with Gasteiger partial charge < -0.3 is 4.74 Å². The van der Waals surface area contributed by atoms with Gasteiger partial charge in [-0.15, -0.1) is 16.9 Å². The van der Waals surface area contributed by atoms with Gasteiger partial charge in [-0.3, -0.25) is 0 Å². The van der Waals surface area contributed by atoms with Crippen molar-refractivity contribution in [3.63, 3.8) is 0 Å². The average Bonchev–Trinajstić information content (AvgIpc) is 2.81. The number of rotatable bonds is 9. The Balaban J connectivity index is 2.40. The predicted octanol–water partition coefficient (Wildman–Crippen LogP) is 4.35. The Morgan fingerprint density at radius 2 is 1.90 bits per heavy atom. The molecule has 1 aromatic rings. The molecule has 122 valence electrons. The second-order valence-corrected chi connectivity index (χ2v) is 8.63. The van der Waals surface area contributed by atoms with Gasteiger partial charge in [-0.25, -0.2) is 4.68 Å². The third-order valence-corrected chi connectivity index (χ3v) is 5.47. The van der Waals surface area contributed by atoms with Gasteiger partial charge in [-0.1, -0.05) is 46.8 Å². The normalized spacial score (nSPS) is 14.1. The molecule has 4 nitrogen and oxygen atoms in total. The number of hydrogen-bond donors (Lipinski definition) is 0. The zero-order valence-electron chi connectivity index (χ0n) is 14.6. The highest BCUT2D eigenvalue weighted by Gasteiger charge is 2.23. The van der Waals surface area contributed by atoms with Crippen LogP contribution in [0.2, 0.25) is 0 Å². The third kappa shape index (κ3) is 6.83. The molecule has 0 amide bonds. The summed E-state index contributed by atoms with van der Waals surface area (Å²) in [6.45, 7) is 16.1. The summed E-state index contributed by atoms with van der Waals surface area (Å²) in [5.41, 5.74) is 0.911. The van der Waals surface area contributed by atoms with Crippen LogP contribution >= 0.6 is 11.8 Å². The molecule has 0 aliphatic rings. The van der Waals surface area contributed by atoms with E-state index in [1.54, 1.807) is 0 Å². The van der Waals surface area contributed by atoms with Gasteiger partial charge in [0.15, 0.2) is 0 Å². The Morgan fingerprint density at radius 1 is 1.24 bits per heavy atom. The van der Waals surface area contributed by atoms with Crippen molar-refractivity contribution in [1.82, 2.24) is 15.0 Å². The smallest absolute Gasteiger partial charge is 0.108 e. The first-order valence-corrected chi connectivity index (χ1v) is 8.83. The molecule has 21 heavy (non-hydrogen) atoms. The van der Waals surface area contributed by atoms with Crippen LogP contribution in [-0.4, -0.2) is 25.8 Å². The Labute approximate surface area is 134 Å². The van der Waals surface area contributed by atoms with Crippen LogP contribution in [0.25, 0.3) is 0 Å². The van der Waals surface area contributed by atoms with E-state index in [0.717, 1.165) is 18.0 Å². The first-order chi connectivity index (χ1) is 9.70. The fourth-order valence-electron chi connectivity index (χ4n) is 1.83. The topological polar surface area (TPSA) is 39.9 Å². The molecule has 0 aliphatic carbocycles.